The maximum absolute atomic E-state index is 13.5. The average Bonchev–Trinajstić information content (AvgIpc) is 3.36. The zero-order chi connectivity index (χ0) is 24.6. The molecule has 0 saturated carbocycles. The Balaban J connectivity index is 1.59. The first-order valence-electron chi connectivity index (χ1n) is 10.5. The van der Waals surface area contributed by atoms with Crippen molar-refractivity contribution in [2.24, 2.45) is 0 Å². The Hall–Kier alpha value is -3.51. The van der Waals surface area contributed by atoms with Crippen LogP contribution in [0.5, 0.6) is 0 Å². The Labute approximate surface area is 198 Å². The Bertz CT molecular complexity index is 1410. The molecule has 34 heavy (non-hydrogen) atoms. The van der Waals surface area contributed by atoms with Gasteiger partial charge in [0.25, 0.3) is 5.56 Å². The van der Waals surface area contributed by atoms with Gasteiger partial charge >= 0.3 is 0 Å². The third kappa shape index (κ3) is 4.46. The number of thioether (sulfide) groups is 1. The summed E-state index contributed by atoms with van der Waals surface area (Å²) in [6, 6.07) is 5.91. The lowest BCUT2D eigenvalue weighted by atomic mass is 10.2. The van der Waals surface area contributed by atoms with E-state index in [1.165, 1.54) is 23.9 Å². The first-order valence-corrected chi connectivity index (χ1v) is 11.4. The molecule has 0 aliphatic rings. The van der Waals surface area contributed by atoms with Crippen LogP contribution in [0.2, 0.25) is 0 Å². The van der Waals surface area contributed by atoms with E-state index in [4.69, 9.17) is 4.42 Å². The highest BCUT2D eigenvalue weighted by molar-refractivity contribution is 7.99. The van der Waals surface area contributed by atoms with Crippen LogP contribution in [0.25, 0.3) is 16.5 Å². The number of hydrogen-bond acceptors (Lipinski definition) is 8. The van der Waals surface area contributed by atoms with Crippen molar-refractivity contribution in [2.75, 3.05) is 25.2 Å². The van der Waals surface area contributed by atoms with E-state index in [2.05, 4.69) is 25.7 Å². The van der Waals surface area contributed by atoms with Crippen molar-refractivity contribution < 1.29 is 13.6 Å². The van der Waals surface area contributed by atoms with Gasteiger partial charge in [0.2, 0.25) is 11.8 Å². The van der Waals surface area contributed by atoms with Crippen molar-refractivity contribution in [1.29, 1.82) is 0 Å². The normalized spacial score (nSPS) is 12.4. The fourth-order valence-corrected chi connectivity index (χ4v) is 4.29. The van der Waals surface area contributed by atoms with E-state index in [1.807, 2.05) is 25.9 Å². The molecule has 0 aliphatic carbocycles. The van der Waals surface area contributed by atoms with Crippen LogP contribution >= 0.6 is 11.8 Å². The number of H-pyrrole nitrogens is 1. The molecule has 4 aromatic rings. The summed E-state index contributed by atoms with van der Waals surface area (Å²) < 4.78 is 20.9. The molecule has 10 nitrogen and oxygen atoms in total. The number of amides is 1. The zero-order valence-electron chi connectivity index (χ0n) is 19.3. The third-order valence-corrected chi connectivity index (χ3v) is 6.40. The molecule has 1 atom stereocenters. The van der Waals surface area contributed by atoms with Gasteiger partial charge in [0, 0.05) is 5.69 Å². The first kappa shape index (κ1) is 23.6. The topological polar surface area (TPSA) is 122 Å². The molecular formula is C22H24FN7O3S. The van der Waals surface area contributed by atoms with E-state index in [9.17, 15) is 14.0 Å². The molecule has 12 heteroatoms. The summed E-state index contributed by atoms with van der Waals surface area (Å²) >= 11 is 1.17. The molecule has 0 saturated heterocycles. The molecule has 0 aliphatic heterocycles. The van der Waals surface area contributed by atoms with Crippen molar-refractivity contribution in [3.8, 4) is 5.69 Å². The number of fused-ring (bicyclic) bond motifs is 1. The maximum Gasteiger partial charge on any atom is 0.277 e. The Kier molecular flexibility index (Phi) is 6.53. The summed E-state index contributed by atoms with van der Waals surface area (Å²) in [5, 5.41) is 18.9. The zero-order valence-corrected chi connectivity index (χ0v) is 20.2. The first-order chi connectivity index (χ1) is 16.2. The molecule has 178 valence electrons. The number of halogens is 1. The lowest BCUT2D eigenvalue weighted by Gasteiger charge is -2.20. The van der Waals surface area contributed by atoms with Crippen LogP contribution in [0.4, 0.5) is 10.3 Å². The summed E-state index contributed by atoms with van der Waals surface area (Å²) in [6.45, 7) is 5.43. The number of rotatable bonds is 7. The highest BCUT2D eigenvalue weighted by atomic mass is 32.2. The van der Waals surface area contributed by atoms with Crippen LogP contribution in [-0.2, 0) is 4.79 Å². The maximum atomic E-state index is 13.5. The number of nitrogens with zero attached hydrogens (tertiary/aromatic N) is 5. The number of aryl methyl sites for hydroxylation is 2. The van der Waals surface area contributed by atoms with E-state index >= 15 is 0 Å². The van der Waals surface area contributed by atoms with Crippen molar-refractivity contribution in [3.05, 3.63) is 57.7 Å². The summed E-state index contributed by atoms with van der Waals surface area (Å²) in [5.41, 5.74) is 0.833. The standard InChI is InChI=1S/C22H24FN7O3S/c1-11-17-13(3)33-21(18(17)20(32)27-25-11)24-16(31)10-34-22-28-26-19(12(2)29(4)5)30(22)15-8-6-14(23)7-9-15/h6-9,12H,10H2,1-5H3,(H,24,31)(H,27,32)/t12-/m0/s1. The second-order valence-electron chi connectivity index (χ2n) is 8.00. The van der Waals surface area contributed by atoms with Gasteiger partial charge in [0.05, 0.1) is 22.9 Å². The highest BCUT2D eigenvalue weighted by Gasteiger charge is 2.23. The van der Waals surface area contributed by atoms with E-state index < -0.39 is 5.56 Å². The van der Waals surface area contributed by atoms with Crippen LogP contribution in [-0.4, -0.2) is 55.6 Å². The summed E-state index contributed by atoms with van der Waals surface area (Å²) in [6.07, 6.45) is 0. The molecule has 0 fully saturated rings. The number of aromatic amines is 1. The van der Waals surface area contributed by atoms with Crippen LogP contribution in [0.1, 0.15) is 30.2 Å². The van der Waals surface area contributed by atoms with E-state index in [-0.39, 0.29) is 34.8 Å². The number of nitrogens with one attached hydrogen (secondary N) is 2. The van der Waals surface area contributed by atoms with Gasteiger partial charge < -0.3 is 4.42 Å². The lowest BCUT2D eigenvalue weighted by Crippen LogP contribution is -2.21. The summed E-state index contributed by atoms with van der Waals surface area (Å²) in [7, 11) is 3.84. The number of furan rings is 1. The Morgan fingerprint density at radius 1 is 1.24 bits per heavy atom. The Morgan fingerprint density at radius 2 is 1.94 bits per heavy atom. The van der Waals surface area contributed by atoms with E-state index in [0.29, 0.717) is 33.5 Å². The number of benzene rings is 1. The van der Waals surface area contributed by atoms with Crippen molar-refractivity contribution in [2.45, 2.75) is 32.0 Å². The highest BCUT2D eigenvalue weighted by Crippen LogP contribution is 2.30. The fraction of sp³-hybridized carbons (Fsp3) is 0.318. The van der Waals surface area contributed by atoms with Crippen molar-refractivity contribution in [3.63, 3.8) is 0 Å². The molecule has 3 aromatic heterocycles. The molecule has 0 unspecified atom stereocenters. The molecular weight excluding hydrogens is 461 g/mol. The number of carbonyl (C=O) groups excluding carboxylic acids is 1. The van der Waals surface area contributed by atoms with E-state index in [0.717, 1.165) is 0 Å². The van der Waals surface area contributed by atoms with Gasteiger partial charge in [-0.05, 0) is 59.1 Å². The second kappa shape index (κ2) is 9.39. The molecule has 4 rings (SSSR count). The fourth-order valence-electron chi connectivity index (χ4n) is 3.53. The predicted molar refractivity (Wildman–Crippen MR) is 127 cm³/mol. The van der Waals surface area contributed by atoms with Gasteiger partial charge in [0.15, 0.2) is 11.0 Å². The quantitative estimate of drug-likeness (QED) is 0.383. The van der Waals surface area contributed by atoms with Crippen molar-refractivity contribution in [1.82, 2.24) is 29.9 Å². The minimum atomic E-state index is -0.446. The van der Waals surface area contributed by atoms with E-state index in [1.54, 1.807) is 30.5 Å². The SMILES string of the molecule is Cc1n[nH]c(=O)c2c(NC(=O)CSc3nnc([C@H](C)N(C)C)n3-c3ccc(F)cc3)oc(C)c12. The van der Waals surface area contributed by atoms with Crippen LogP contribution in [0.15, 0.2) is 38.6 Å². The van der Waals surface area contributed by atoms with Gasteiger partial charge in [-0.25, -0.2) is 9.49 Å². The van der Waals surface area contributed by atoms with Crippen LogP contribution in [0, 0.1) is 19.7 Å². The number of hydrogen-bond donors (Lipinski definition) is 2. The molecule has 1 aromatic carbocycles. The lowest BCUT2D eigenvalue weighted by molar-refractivity contribution is -0.113. The Morgan fingerprint density at radius 3 is 2.62 bits per heavy atom. The summed E-state index contributed by atoms with van der Waals surface area (Å²) in [5.74, 6) is 0.471. The monoisotopic (exact) mass is 485 g/mol. The van der Waals surface area contributed by atoms with Crippen LogP contribution in [0.3, 0.4) is 0 Å². The second-order valence-corrected chi connectivity index (χ2v) is 8.95. The largest absolute Gasteiger partial charge is 0.444 e. The minimum absolute atomic E-state index is 0.0150. The van der Waals surface area contributed by atoms with Crippen LogP contribution < -0.4 is 10.9 Å². The molecule has 1 amide bonds. The minimum Gasteiger partial charge on any atom is -0.444 e. The van der Waals surface area contributed by atoms with Gasteiger partial charge in [-0.3, -0.25) is 24.4 Å². The van der Waals surface area contributed by atoms with Gasteiger partial charge in [-0.2, -0.15) is 5.10 Å². The third-order valence-electron chi connectivity index (χ3n) is 5.48. The summed E-state index contributed by atoms with van der Waals surface area (Å²) in [4.78, 5) is 27.0. The smallest absolute Gasteiger partial charge is 0.277 e. The number of anilines is 1. The van der Waals surface area contributed by atoms with Gasteiger partial charge in [-0.15, -0.1) is 10.2 Å². The van der Waals surface area contributed by atoms with Crippen molar-refractivity contribution >= 4 is 34.3 Å². The molecule has 3 heterocycles. The molecule has 0 spiro atoms. The molecule has 0 bridgehead atoms. The number of aromatic nitrogens is 5. The molecule has 2 N–H and O–H groups in total. The van der Waals surface area contributed by atoms with Gasteiger partial charge in [-0.1, -0.05) is 11.8 Å². The predicted octanol–water partition coefficient (Wildman–Crippen LogP) is 3.21. The molecule has 0 radical (unpaired) electrons. The van der Waals surface area contributed by atoms with Gasteiger partial charge in [0.1, 0.15) is 17.0 Å². The average molecular weight is 486 g/mol. The number of carbonyl (C=O) groups is 1.